The highest BCUT2D eigenvalue weighted by atomic mass is 32.2. The molecule has 1 unspecified atom stereocenters. The maximum Gasteiger partial charge on any atom is 0.338 e. The zero-order chi connectivity index (χ0) is 47.4. The van der Waals surface area contributed by atoms with Gasteiger partial charge in [0.1, 0.15) is 48.7 Å². The van der Waals surface area contributed by atoms with Crippen LogP contribution in [0.5, 0.6) is 0 Å². The molecule has 0 aromatic heterocycles. The van der Waals surface area contributed by atoms with Crippen molar-refractivity contribution in [1.82, 2.24) is 0 Å². The second kappa shape index (κ2) is 23.4. The Balaban J connectivity index is 1.14. The van der Waals surface area contributed by atoms with Gasteiger partial charge in [-0.25, -0.2) is 14.4 Å². The Bertz CT molecular complexity index is 2540. The van der Waals surface area contributed by atoms with Crippen LogP contribution >= 0.6 is 11.8 Å². The molecule has 3 aliphatic rings. The number of hydrogen-bond donors (Lipinski definition) is 0. The lowest BCUT2D eigenvalue weighted by molar-refractivity contribution is -0.372. The predicted octanol–water partition coefficient (Wildman–Crippen LogP) is 8.78. The fourth-order valence-electron chi connectivity index (χ4n) is 8.46. The average Bonchev–Trinajstić information content (AvgIpc) is 3.41. The largest absolute Gasteiger partial charge is 0.459 e. The molecule has 356 valence electrons. The SMILES string of the molecule is CS[C@H]1O[C@@H]2COC(c3ccccc3)O[C@H]2[C@H](O[C@H]2O[C@H](COC(=O)c3ccccc3)[C@@H](OC(=O)c3ccccc3)[C@H](OC(=O)c3ccccc3)[C@H]2OCc2ccccc2)[C@H]1OCc1ccccc1. The van der Waals surface area contributed by atoms with E-state index in [-0.39, 0.29) is 36.5 Å². The molecule has 69 heavy (non-hydrogen) atoms. The number of carbonyl (C=O) groups is 3. The van der Waals surface area contributed by atoms with Crippen LogP contribution in [0.3, 0.4) is 0 Å². The summed E-state index contributed by atoms with van der Waals surface area (Å²) in [6.45, 7) is -0.0808. The highest BCUT2D eigenvalue weighted by Gasteiger charge is 2.57. The smallest absolute Gasteiger partial charge is 0.338 e. The Morgan fingerprint density at radius 3 is 1.54 bits per heavy atom. The molecule has 11 atom stereocenters. The monoisotopic (exact) mass is 952 g/mol. The van der Waals surface area contributed by atoms with Gasteiger partial charge in [0.05, 0.1) is 36.5 Å². The summed E-state index contributed by atoms with van der Waals surface area (Å²) in [4.78, 5) is 42.1. The molecule has 3 fully saturated rings. The Kier molecular flexibility index (Phi) is 16.2. The van der Waals surface area contributed by atoms with Crippen LogP contribution in [0, 0.1) is 0 Å². The van der Waals surface area contributed by atoms with Gasteiger partial charge in [-0.05, 0) is 53.8 Å². The molecule has 0 spiro atoms. The Morgan fingerprint density at radius 1 is 0.522 bits per heavy atom. The van der Waals surface area contributed by atoms with Crippen LogP contribution in [0.1, 0.15) is 54.1 Å². The number of hydrogen-bond acceptors (Lipinski definition) is 14. The van der Waals surface area contributed by atoms with Gasteiger partial charge in [0.25, 0.3) is 0 Å². The van der Waals surface area contributed by atoms with Crippen molar-refractivity contribution in [3.63, 3.8) is 0 Å². The van der Waals surface area contributed by atoms with Crippen LogP contribution in [0.15, 0.2) is 182 Å². The van der Waals surface area contributed by atoms with Gasteiger partial charge >= 0.3 is 17.9 Å². The number of benzene rings is 6. The van der Waals surface area contributed by atoms with Gasteiger partial charge in [-0.3, -0.25) is 0 Å². The van der Waals surface area contributed by atoms with Gasteiger partial charge in [-0.1, -0.05) is 146 Å². The van der Waals surface area contributed by atoms with Crippen molar-refractivity contribution in [2.24, 2.45) is 0 Å². The molecular formula is C55H52O13S. The summed E-state index contributed by atoms with van der Waals surface area (Å²) in [6, 6.07) is 54.0. The van der Waals surface area contributed by atoms with Crippen LogP contribution in [-0.2, 0) is 60.6 Å². The molecule has 0 aliphatic carbocycles. The fourth-order valence-corrected chi connectivity index (χ4v) is 9.21. The lowest BCUT2D eigenvalue weighted by atomic mass is 9.95. The van der Waals surface area contributed by atoms with E-state index in [2.05, 4.69) is 0 Å². The Hall–Kier alpha value is -6.20. The molecule has 0 radical (unpaired) electrons. The van der Waals surface area contributed by atoms with Gasteiger partial charge < -0.3 is 47.4 Å². The number of ether oxygens (including phenoxy) is 10. The summed E-state index contributed by atoms with van der Waals surface area (Å²) in [5.74, 6) is -2.12. The first-order chi connectivity index (χ1) is 33.9. The summed E-state index contributed by atoms with van der Waals surface area (Å²) in [5, 5.41) is 0. The van der Waals surface area contributed by atoms with Crippen molar-refractivity contribution < 1.29 is 61.8 Å². The first-order valence-corrected chi connectivity index (χ1v) is 24.1. The molecule has 6 aromatic rings. The Morgan fingerprint density at radius 2 is 1.00 bits per heavy atom. The molecule has 6 aromatic carbocycles. The van der Waals surface area contributed by atoms with Crippen LogP contribution in [0.4, 0.5) is 0 Å². The lowest BCUT2D eigenvalue weighted by Crippen LogP contribution is -2.67. The maximum atomic E-state index is 14.3. The Labute approximate surface area is 404 Å². The number of thioether (sulfide) groups is 1. The molecule has 14 heteroatoms. The fraction of sp³-hybridized carbons (Fsp3) is 0.291. The average molecular weight is 953 g/mol. The minimum Gasteiger partial charge on any atom is -0.459 e. The maximum absolute atomic E-state index is 14.3. The van der Waals surface area contributed by atoms with Crippen LogP contribution < -0.4 is 0 Å². The molecule has 3 heterocycles. The molecular weight excluding hydrogens is 901 g/mol. The molecule has 0 saturated carbocycles. The van der Waals surface area contributed by atoms with E-state index in [0.717, 1.165) is 16.7 Å². The summed E-state index contributed by atoms with van der Waals surface area (Å²) in [5.41, 5.74) is 2.66. The van der Waals surface area contributed by atoms with Crippen molar-refractivity contribution in [2.45, 2.75) is 80.1 Å². The molecule has 13 nitrogen and oxygen atoms in total. The molecule has 0 amide bonds. The quantitative estimate of drug-likeness (QED) is 0.0635. The van der Waals surface area contributed by atoms with Crippen LogP contribution in [0.2, 0.25) is 0 Å². The lowest BCUT2D eigenvalue weighted by Gasteiger charge is -2.51. The van der Waals surface area contributed by atoms with Crippen molar-refractivity contribution >= 4 is 29.7 Å². The minimum absolute atomic E-state index is 0.00273. The van der Waals surface area contributed by atoms with E-state index in [1.54, 1.807) is 91.0 Å². The third-order valence-electron chi connectivity index (χ3n) is 11.9. The van der Waals surface area contributed by atoms with Gasteiger partial charge in [0.2, 0.25) is 0 Å². The third-order valence-corrected chi connectivity index (χ3v) is 12.8. The topological polar surface area (TPSA) is 144 Å². The van der Waals surface area contributed by atoms with E-state index in [9.17, 15) is 14.4 Å². The summed E-state index contributed by atoms with van der Waals surface area (Å²) >= 11 is 1.44. The van der Waals surface area contributed by atoms with E-state index in [1.165, 1.54) is 11.8 Å². The zero-order valence-corrected chi connectivity index (χ0v) is 38.5. The first-order valence-electron chi connectivity index (χ1n) is 22.8. The normalized spacial score (nSPS) is 26.5. The molecule has 3 saturated heterocycles. The van der Waals surface area contributed by atoms with E-state index >= 15 is 0 Å². The summed E-state index contributed by atoms with van der Waals surface area (Å²) in [7, 11) is 0. The van der Waals surface area contributed by atoms with Gasteiger partial charge in [0.15, 0.2) is 24.8 Å². The van der Waals surface area contributed by atoms with E-state index < -0.39 is 91.4 Å². The van der Waals surface area contributed by atoms with Crippen molar-refractivity contribution in [2.75, 3.05) is 19.5 Å². The van der Waals surface area contributed by atoms with Gasteiger partial charge in [0, 0.05) is 5.56 Å². The number of carbonyl (C=O) groups excluding carboxylic acids is 3. The molecule has 3 aliphatic heterocycles. The van der Waals surface area contributed by atoms with Crippen molar-refractivity contribution in [1.29, 1.82) is 0 Å². The summed E-state index contributed by atoms with van der Waals surface area (Å²) in [6.07, 6.45) is -8.86. The number of esters is 3. The summed E-state index contributed by atoms with van der Waals surface area (Å²) < 4.78 is 66.3. The second-order valence-corrected chi connectivity index (χ2v) is 17.5. The number of rotatable bonds is 17. The molecule has 0 N–H and O–H groups in total. The van der Waals surface area contributed by atoms with E-state index in [4.69, 9.17) is 47.4 Å². The van der Waals surface area contributed by atoms with Gasteiger partial charge in [-0.2, -0.15) is 0 Å². The predicted molar refractivity (Wildman–Crippen MR) is 254 cm³/mol. The third kappa shape index (κ3) is 12.0. The highest BCUT2D eigenvalue weighted by Crippen LogP contribution is 2.41. The van der Waals surface area contributed by atoms with Gasteiger partial charge in [-0.15, -0.1) is 11.8 Å². The molecule has 9 rings (SSSR count). The van der Waals surface area contributed by atoms with E-state index in [1.807, 2.05) is 97.3 Å². The van der Waals surface area contributed by atoms with Crippen LogP contribution in [-0.4, -0.2) is 97.9 Å². The van der Waals surface area contributed by atoms with Crippen molar-refractivity contribution in [3.8, 4) is 0 Å². The second-order valence-electron chi connectivity index (χ2n) is 16.6. The zero-order valence-electron chi connectivity index (χ0n) is 37.7. The number of fused-ring (bicyclic) bond motifs is 1. The highest BCUT2D eigenvalue weighted by molar-refractivity contribution is 7.99. The minimum atomic E-state index is -1.42. The first kappa shape index (κ1) is 47.8. The standard InChI is InChI=1S/C55H52O13S/c1-69-55-49(60-33-37-22-10-3-11-23-37)47(45-43(64-55)35-62-53(67-45)41-30-18-7-19-31-41)68-54-48(59-32-36-20-8-2-9-21-36)46(66-52(58)40-28-16-6-17-29-40)44(65-51(57)39-26-14-5-15-27-39)42(63-54)34-61-50(56)38-24-12-4-13-25-38/h2-31,42-49,53-55H,32-35H2,1H3/t42-,43-,44-,45-,46+,47+,48-,49-,53?,54-,55-/m1/s1. The van der Waals surface area contributed by atoms with Crippen LogP contribution in [0.25, 0.3) is 0 Å². The van der Waals surface area contributed by atoms with Crippen molar-refractivity contribution in [3.05, 3.63) is 215 Å². The molecule has 0 bridgehead atoms. The van der Waals surface area contributed by atoms with E-state index in [0.29, 0.717) is 0 Å².